The van der Waals surface area contributed by atoms with Gasteiger partial charge in [-0.25, -0.2) is 13.4 Å². The molecule has 0 saturated carbocycles. The molecule has 1 saturated heterocycles. The van der Waals surface area contributed by atoms with Crippen molar-refractivity contribution in [1.29, 1.82) is 0 Å². The molecule has 3 aromatic carbocycles. The fraction of sp³-hybridized carbons (Fsp3) is 0.273. The number of hydrogen-bond donors (Lipinski definition) is 2. The Labute approximate surface area is 270 Å². The molecule has 3 heterocycles. The van der Waals surface area contributed by atoms with Crippen molar-refractivity contribution in [3.63, 3.8) is 0 Å². The van der Waals surface area contributed by atoms with Gasteiger partial charge < -0.3 is 20.3 Å². The predicted molar refractivity (Wildman–Crippen MR) is 170 cm³/mol. The molecular weight excluding hydrogens is 629 g/mol. The van der Waals surface area contributed by atoms with Crippen molar-refractivity contribution in [3.05, 3.63) is 88.9 Å². The molecule has 0 radical (unpaired) electrons. The third kappa shape index (κ3) is 7.40. The molecule has 46 heavy (non-hydrogen) atoms. The smallest absolute Gasteiger partial charge is 0.373 e. The predicted octanol–water partition coefficient (Wildman–Crippen LogP) is 4.81. The lowest BCUT2D eigenvalue weighted by Crippen LogP contribution is -2.28. The van der Waals surface area contributed by atoms with Gasteiger partial charge in [0.15, 0.2) is 0 Å². The van der Waals surface area contributed by atoms with Crippen LogP contribution in [0.3, 0.4) is 0 Å². The van der Waals surface area contributed by atoms with Gasteiger partial charge in [0.25, 0.3) is 11.8 Å². The van der Waals surface area contributed by atoms with E-state index >= 15 is 0 Å². The Morgan fingerprint density at radius 1 is 1.11 bits per heavy atom. The molecule has 1 aromatic heterocycles. The summed E-state index contributed by atoms with van der Waals surface area (Å²) in [6.45, 7) is 5.48. The third-order valence-electron chi connectivity index (χ3n) is 7.83. The van der Waals surface area contributed by atoms with Gasteiger partial charge in [-0.2, -0.15) is 9.59 Å². The van der Waals surface area contributed by atoms with E-state index in [0.717, 1.165) is 34.2 Å². The molecule has 4 aromatic rings. The van der Waals surface area contributed by atoms with Crippen molar-refractivity contribution >= 4 is 44.8 Å². The highest BCUT2D eigenvalue weighted by atomic mass is 32.2. The zero-order chi connectivity index (χ0) is 32.7. The van der Waals surface area contributed by atoms with E-state index in [4.69, 9.17) is 14.3 Å². The third-order valence-corrected chi connectivity index (χ3v) is 10.7. The summed E-state index contributed by atoms with van der Waals surface area (Å²) in [5.41, 5.74) is 1.33. The number of hydrogen-bond acceptors (Lipinski definition) is 10. The number of nitrogens with one attached hydrogen (secondary N) is 2. The fourth-order valence-electron chi connectivity index (χ4n) is 5.47. The Hall–Kier alpha value is -4.68. The molecule has 238 valence electrons. The van der Waals surface area contributed by atoms with Crippen LogP contribution in [-0.4, -0.2) is 62.0 Å². The Morgan fingerprint density at radius 3 is 2.61 bits per heavy atom. The molecule has 1 fully saturated rings. The summed E-state index contributed by atoms with van der Waals surface area (Å²) < 4.78 is 32.3. The summed E-state index contributed by atoms with van der Waals surface area (Å²) in [5.74, 6) is -0.109. The van der Waals surface area contributed by atoms with Crippen LogP contribution in [0.25, 0.3) is 10.6 Å². The van der Waals surface area contributed by atoms with Gasteiger partial charge in [0, 0.05) is 34.8 Å². The van der Waals surface area contributed by atoms with Crippen LogP contribution in [0.2, 0.25) is 0 Å². The lowest BCUT2D eigenvalue weighted by molar-refractivity contribution is -0.191. The first-order chi connectivity index (χ1) is 22.2. The zero-order valence-corrected chi connectivity index (χ0v) is 26.7. The van der Waals surface area contributed by atoms with Crippen LogP contribution in [0.4, 0.5) is 5.69 Å². The van der Waals surface area contributed by atoms with E-state index in [-0.39, 0.29) is 39.3 Å². The molecule has 6 rings (SSSR count). The number of nitrogens with zero attached hydrogens (tertiary/aromatic N) is 2. The minimum absolute atomic E-state index is 0.0532. The van der Waals surface area contributed by atoms with Crippen LogP contribution in [0.5, 0.6) is 5.75 Å². The maximum atomic E-state index is 13.2. The van der Waals surface area contributed by atoms with E-state index in [0.29, 0.717) is 12.6 Å². The number of amides is 2. The van der Waals surface area contributed by atoms with E-state index in [1.54, 1.807) is 18.3 Å². The van der Waals surface area contributed by atoms with Crippen LogP contribution >= 0.6 is 11.3 Å². The van der Waals surface area contributed by atoms with Gasteiger partial charge in [0.1, 0.15) is 10.8 Å². The number of rotatable bonds is 9. The van der Waals surface area contributed by atoms with E-state index in [2.05, 4.69) is 27.4 Å². The Balaban J connectivity index is 0.00000134. The molecular formula is C33H32N4O7S2. The number of likely N-dealkylation sites (tertiary alicyclic amines) is 1. The quantitative estimate of drug-likeness (QED) is 0.241. The second-order valence-corrected chi connectivity index (χ2v) is 13.8. The SMILES string of the molecule is C[C@@H]1CCCN1CCCOc1ccc(-c2ncc(CNC(=O)c3ccc4c(c3)NC(=O)c3ccccc3S4(=O)=O)s2)cc1.O=C=O. The Morgan fingerprint density at radius 2 is 1.87 bits per heavy atom. The molecule has 0 unspecified atom stereocenters. The molecule has 0 bridgehead atoms. The molecule has 11 nitrogen and oxygen atoms in total. The fourth-order valence-corrected chi connectivity index (χ4v) is 7.92. The van der Waals surface area contributed by atoms with E-state index in [1.807, 2.05) is 24.3 Å². The van der Waals surface area contributed by atoms with Gasteiger partial charge >= 0.3 is 6.15 Å². The van der Waals surface area contributed by atoms with E-state index < -0.39 is 21.7 Å². The minimum atomic E-state index is -3.94. The molecule has 1 atom stereocenters. The van der Waals surface area contributed by atoms with Crippen LogP contribution in [0, 0.1) is 0 Å². The molecule has 2 N–H and O–H groups in total. The number of anilines is 1. The Kier molecular flexibility index (Phi) is 10.4. The second-order valence-electron chi connectivity index (χ2n) is 10.8. The van der Waals surface area contributed by atoms with Gasteiger partial charge in [-0.05, 0) is 87.3 Å². The first-order valence-corrected chi connectivity index (χ1v) is 17.0. The molecule has 2 amide bonds. The van der Waals surface area contributed by atoms with Gasteiger partial charge in [0.2, 0.25) is 9.84 Å². The first-order valence-electron chi connectivity index (χ1n) is 14.7. The van der Waals surface area contributed by atoms with Crippen molar-refractivity contribution in [2.45, 2.75) is 48.6 Å². The normalized spacial score (nSPS) is 16.5. The van der Waals surface area contributed by atoms with Crippen LogP contribution < -0.4 is 15.4 Å². The molecule has 0 spiro atoms. The summed E-state index contributed by atoms with van der Waals surface area (Å²) in [5, 5.41) is 6.33. The minimum Gasteiger partial charge on any atom is -0.494 e. The van der Waals surface area contributed by atoms with Crippen molar-refractivity contribution < 1.29 is 32.3 Å². The summed E-state index contributed by atoms with van der Waals surface area (Å²) >= 11 is 1.47. The van der Waals surface area contributed by atoms with Gasteiger partial charge in [-0.3, -0.25) is 9.59 Å². The molecule has 0 aliphatic carbocycles. The number of benzene rings is 3. The van der Waals surface area contributed by atoms with Crippen molar-refractivity contribution in [3.8, 4) is 16.3 Å². The number of ether oxygens (including phenoxy) is 1. The topological polar surface area (TPSA) is 152 Å². The summed E-state index contributed by atoms with van der Waals surface area (Å²) in [6, 6.07) is 18.8. The highest BCUT2D eigenvalue weighted by molar-refractivity contribution is 7.91. The van der Waals surface area contributed by atoms with E-state index in [1.165, 1.54) is 61.1 Å². The second kappa shape index (κ2) is 14.6. The van der Waals surface area contributed by atoms with Crippen molar-refractivity contribution in [2.24, 2.45) is 0 Å². The summed E-state index contributed by atoms with van der Waals surface area (Å²) in [4.78, 5) is 49.7. The van der Waals surface area contributed by atoms with Crippen molar-refractivity contribution in [2.75, 3.05) is 25.0 Å². The highest BCUT2D eigenvalue weighted by Crippen LogP contribution is 2.34. The average molecular weight is 661 g/mol. The maximum absolute atomic E-state index is 13.2. The number of aromatic nitrogens is 1. The van der Waals surface area contributed by atoms with Crippen LogP contribution in [0.1, 0.15) is 51.8 Å². The Bertz CT molecular complexity index is 1870. The largest absolute Gasteiger partial charge is 0.494 e. The summed E-state index contributed by atoms with van der Waals surface area (Å²) in [6.07, 6.45) is 5.55. The number of sulfone groups is 1. The molecule has 13 heteroatoms. The van der Waals surface area contributed by atoms with Gasteiger partial charge in [-0.1, -0.05) is 12.1 Å². The monoisotopic (exact) mass is 660 g/mol. The van der Waals surface area contributed by atoms with E-state index in [9.17, 15) is 18.0 Å². The zero-order valence-electron chi connectivity index (χ0n) is 25.0. The maximum Gasteiger partial charge on any atom is 0.373 e. The van der Waals surface area contributed by atoms with Crippen LogP contribution in [-0.2, 0) is 26.0 Å². The number of fused-ring (bicyclic) bond motifs is 2. The number of carbonyl (C=O) groups is 2. The lowest BCUT2D eigenvalue weighted by Gasteiger charge is -2.20. The van der Waals surface area contributed by atoms with Gasteiger partial charge in [0.05, 0.1) is 34.2 Å². The molecule has 2 aliphatic heterocycles. The lowest BCUT2D eigenvalue weighted by atomic mass is 10.1. The molecule has 2 aliphatic rings. The summed E-state index contributed by atoms with van der Waals surface area (Å²) in [7, 11) is -3.94. The number of carbonyl (C=O) groups excluding carboxylic acids is 4. The number of thiazole rings is 1. The average Bonchev–Trinajstić information content (AvgIpc) is 3.69. The van der Waals surface area contributed by atoms with Gasteiger partial charge in [-0.15, -0.1) is 11.3 Å². The highest BCUT2D eigenvalue weighted by Gasteiger charge is 2.31. The first kappa shape index (κ1) is 32.7. The van der Waals surface area contributed by atoms with Crippen LogP contribution in [0.15, 0.2) is 82.7 Å². The standard InChI is InChI=1S/C32H32N4O5S2.CO2/c1-21-6-4-15-36(21)16-5-17-41-24-12-9-22(10-13-24)32-34-20-25(42-32)19-33-30(37)23-11-14-29-27(18-23)35-31(38)26-7-2-3-8-28(26)43(29,39)40;2-1-3/h2-3,7-14,18,20-21H,4-6,15-17,19H2,1H3,(H,33,37)(H,35,38);/t21-;/m1./s1. The van der Waals surface area contributed by atoms with Crippen molar-refractivity contribution in [1.82, 2.24) is 15.2 Å².